The van der Waals surface area contributed by atoms with Crippen LogP contribution in [-0.2, 0) is 4.79 Å². The molecular weight excluding hydrogens is 408 g/mol. The van der Waals surface area contributed by atoms with E-state index in [2.05, 4.69) is 40.9 Å². The van der Waals surface area contributed by atoms with E-state index in [-0.39, 0.29) is 5.91 Å². The van der Waals surface area contributed by atoms with E-state index < -0.39 is 5.54 Å². The molecule has 11 nitrogen and oxygen atoms in total. The number of benzene rings is 1. The summed E-state index contributed by atoms with van der Waals surface area (Å²) in [6, 6.07) is 11.0. The lowest BCUT2D eigenvalue weighted by Crippen LogP contribution is -2.53. The van der Waals surface area contributed by atoms with Gasteiger partial charge in [0.25, 0.3) is 0 Å². The number of carbonyl (C=O) groups excluding carboxylic acids is 1. The Kier molecular flexibility index (Phi) is 5.31. The summed E-state index contributed by atoms with van der Waals surface area (Å²) in [4.78, 5) is 34.9. The zero-order valence-corrected chi connectivity index (χ0v) is 18.2. The van der Waals surface area contributed by atoms with Crippen molar-refractivity contribution >= 4 is 52.3 Å². The van der Waals surface area contributed by atoms with Crippen molar-refractivity contribution in [1.82, 2.24) is 19.9 Å². The summed E-state index contributed by atoms with van der Waals surface area (Å²) in [5, 5.41) is 8.89. The molecule has 2 aromatic heterocycles. The summed E-state index contributed by atoms with van der Waals surface area (Å²) < 4.78 is 0. The highest BCUT2D eigenvalue weighted by Gasteiger charge is 2.34. The average molecular weight is 432 g/mol. The van der Waals surface area contributed by atoms with Crippen LogP contribution < -0.4 is 26.6 Å². The first kappa shape index (κ1) is 21.0. The van der Waals surface area contributed by atoms with Gasteiger partial charge in [-0.15, -0.1) is 0 Å². The number of carbonyl (C=O) groups is 1. The highest BCUT2D eigenvalue weighted by atomic mass is 16.1. The lowest BCUT2D eigenvalue weighted by atomic mass is 9.99. The van der Waals surface area contributed by atoms with Crippen molar-refractivity contribution in [3.63, 3.8) is 0 Å². The van der Waals surface area contributed by atoms with Gasteiger partial charge in [-0.05, 0) is 50.2 Å². The zero-order valence-electron chi connectivity index (χ0n) is 18.2. The van der Waals surface area contributed by atoms with Gasteiger partial charge in [0, 0.05) is 25.3 Å². The molecule has 0 fully saturated rings. The molecular formula is C21H24N10O. The van der Waals surface area contributed by atoms with E-state index in [1.165, 1.54) is 13.3 Å². The van der Waals surface area contributed by atoms with E-state index in [4.69, 9.17) is 5.73 Å². The summed E-state index contributed by atoms with van der Waals surface area (Å²) >= 11 is 0. The number of hydrogen-bond donors (Lipinski definition) is 4. The SMILES string of the molecule is CC(=O)Nc1ccc(Nc2ncnc(Nc3ccc4c(n3)N=C(N)C(C)(C)N4C)n2)cc1. The van der Waals surface area contributed by atoms with E-state index in [0.29, 0.717) is 35.1 Å². The number of anilines is 6. The maximum absolute atomic E-state index is 11.1. The number of amides is 1. The third kappa shape index (κ3) is 4.26. The summed E-state index contributed by atoms with van der Waals surface area (Å²) in [5.41, 5.74) is 8.10. The normalized spacial score (nSPS) is 14.2. The summed E-state index contributed by atoms with van der Waals surface area (Å²) in [6.45, 7) is 5.48. The van der Waals surface area contributed by atoms with Crippen molar-refractivity contribution in [2.45, 2.75) is 26.3 Å². The van der Waals surface area contributed by atoms with Crippen molar-refractivity contribution < 1.29 is 4.79 Å². The standard InChI is InChI=1S/C21H24N10O/c1-12(32)25-13-5-7-14(8-6-13)26-19-23-11-24-20(30-19)28-16-10-9-15-17(27-16)29-18(22)21(2,3)31(15)4/h5-11H,1-4H3,(H,25,32)(H4,22,23,24,26,27,28,29,30). The first-order valence-corrected chi connectivity index (χ1v) is 9.92. The van der Waals surface area contributed by atoms with Crippen LogP contribution in [0.5, 0.6) is 0 Å². The largest absolute Gasteiger partial charge is 0.385 e. The highest BCUT2D eigenvalue weighted by molar-refractivity contribution is 5.98. The molecule has 1 aromatic carbocycles. The Bertz CT molecular complexity index is 1190. The molecule has 1 aliphatic heterocycles. The van der Waals surface area contributed by atoms with Gasteiger partial charge in [0.05, 0.1) is 11.2 Å². The van der Waals surface area contributed by atoms with Crippen LogP contribution >= 0.6 is 0 Å². The molecule has 1 amide bonds. The van der Waals surface area contributed by atoms with Crippen molar-refractivity contribution in [1.29, 1.82) is 0 Å². The molecule has 3 aromatic rings. The smallest absolute Gasteiger partial charge is 0.233 e. The third-order valence-corrected chi connectivity index (χ3v) is 5.18. The van der Waals surface area contributed by atoms with E-state index >= 15 is 0 Å². The van der Waals surface area contributed by atoms with Gasteiger partial charge in [-0.3, -0.25) is 4.79 Å². The van der Waals surface area contributed by atoms with Crippen LogP contribution in [0, 0.1) is 0 Å². The molecule has 4 rings (SSSR count). The number of nitrogens with two attached hydrogens (primary N) is 1. The Balaban J connectivity index is 1.50. The van der Waals surface area contributed by atoms with Crippen molar-refractivity contribution in [2.75, 3.05) is 27.9 Å². The maximum Gasteiger partial charge on any atom is 0.233 e. The molecule has 5 N–H and O–H groups in total. The molecule has 32 heavy (non-hydrogen) atoms. The molecule has 0 radical (unpaired) electrons. The van der Waals surface area contributed by atoms with Crippen LogP contribution in [-0.4, -0.2) is 44.3 Å². The fraction of sp³-hybridized carbons (Fsp3) is 0.238. The first-order chi connectivity index (χ1) is 15.2. The maximum atomic E-state index is 11.1. The number of pyridine rings is 1. The molecule has 0 saturated heterocycles. The number of hydrogen-bond acceptors (Lipinski definition) is 10. The van der Waals surface area contributed by atoms with Crippen LogP contribution in [0.15, 0.2) is 47.7 Å². The van der Waals surface area contributed by atoms with Crippen LogP contribution in [0.25, 0.3) is 0 Å². The number of nitrogens with zero attached hydrogens (tertiary/aromatic N) is 6. The summed E-state index contributed by atoms with van der Waals surface area (Å²) in [7, 11) is 1.96. The van der Waals surface area contributed by atoms with Gasteiger partial charge in [0.2, 0.25) is 17.8 Å². The van der Waals surface area contributed by atoms with Gasteiger partial charge in [-0.2, -0.15) is 4.98 Å². The van der Waals surface area contributed by atoms with Crippen molar-refractivity contribution in [3.8, 4) is 0 Å². The monoisotopic (exact) mass is 432 g/mol. The molecule has 11 heteroatoms. The molecule has 1 aliphatic rings. The third-order valence-electron chi connectivity index (χ3n) is 5.18. The van der Waals surface area contributed by atoms with Crippen LogP contribution in [0.2, 0.25) is 0 Å². The minimum Gasteiger partial charge on any atom is -0.385 e. The van der Waals surface area contributed by atoms with E-state index in [1.807, 2.05) is 50.1 Å². The minimum atomic E-state index is -0.390. The lowest BCUT2D eigenvalue weighted by molar-refractivity contribution is -0.114. The Labute approximate surface area is 185 Å². The van der Waals surface area contributed by atoms with E-state index in [1.54, 1.807) is 12.1 Å². The molecule has 0 unspecified atom stereocenters. The lowest BCUT2D eigenvalue weighted by Gasteiger charge is -2.40. The Morgan fingerprint density at radius 2 is 1.62 bits per heavy atom. The predicted octanol–water partition coefficient (Wildman–Crippen LogP) is 2.93. The number of fused-ring (bicyclic) bond motifs is 1. The topological polar surface area (TPSA) is 146 Å². The van der Waals surface area contributed by atoms with Crippen molar-refractivity contribution in [2.24, 2.45) is 10.7 Å². The number of likely N-dealkylation sites (N-methyl/N-ethyl adjacent to an activating group) is 1. The van der Waals surface area contributed by atoms with Crippen LogP contribution in [0.4, 0.5) is 40.6 Å². The second kappa shape index (κ2) is 8.10. The number of aliphatic imine (C=N–C) groups is 1. The molecule has 3 heterocycles. The quantitative estimate of drug-likeness (QED) is 0.478. The van der Waals surface area contributed by atoms with Gasteiger partial charge in [-0.1, -0.05) is 0 Å². The summed E-state index contributed by atoms with van der Waals surface area (Å²) in [6.07, 6.45) is 1.40. The number of aromatic nitrogens is 4. The van der Waals surface area contributed by atoms with Gasteiger partial charge >= 0.3 is 0 Å². The van der Waals surface area contributed by atoms with E-state index in [9.17, 15) is 4.79 Å². The first-order valence-electron chi connectivity index (χ1n) is 9.92. The zero-order chi connectivity index (χ0) is 22.9. The molecule has 0 saturated carbocycles. The Morgan fingerprint density at radius 3 is 2.31 bits per heavy atom. The molecule has 0 spiro atoms. The second-order valence-electron chi connectivity index (χ2n) is 7.80. The highest BCUT2D eigenvalue weighted by Crippen LogP contribution is 2.36. The van der Waals surface area contributed by atoms with Gasteiger partial charge < -0.3 is 26.6 Å². The molecule has 164 valence electrons. The van der Waals surface area contributed by atoms with Crippen molar-refractivity contribution in [3.05, 3.63) is 42.7 Å². The number of rotatable bonds is 5. The van der Waals surface area contributed by atoms with Gasteiger partial charge in [0.1, 0.15) is 18.0 Å². The number of amidine groups is 1. The molecule has 0 bridgehead atoms. The Morgan fingerprint density at radius 1 is 0.969 bits per heavy atom. The van der Waals surface area contributed by atoms with Crippen LogP contribution in [0.1, 0.15) is 20.8 Å². The second-order valence-corrected chi connectivity index (χ2v) is 7.80. The minimum absolute atomic E-state index is 0.126. The van der Waals surface area contributed by atoms with Gasteiger partial charge in [-0.25, -0.2) is 19.9 Å². The molecule has 0 atom stereocenters. The Hall–Kier alpha value is -4.28. The average Bonchev–Trinajstić information content (AvgIpc) is 2.74. The fourth-order valence-corrected chi connectivity index (χ4v) is 3.08. The van der Waals surface area contributed by atoms with E-state index in [0.717, 1.165) is 11.4 Å². The molecule has 0 aliphatic carbocycles. The van der Waals surface area contributed by atoms with Gasteiger partial charge in [0.15, 0.2) is 5.82 Å². The van der Waals surface area contributed by atoms with Crippen LogP contribution in [0.3, 0.4) is 0 Å². The summed E-state index contributed by atoms with van der Waals surface area (Å²) in [5.74, 6) is 2.11. The number of nitrogens with one attached hydrogen (secondary N) is 3. The predicted molar refractivity (Wildman–Crippen MR) is 125 cm³/mol. The fourth-order valence-electron chi connectivity index (χ4n) is 3.08.